The third-order valence-electron chi connectivity index (χ3n) is 3.75. The summed E-state index contributed by atoms with van der Waals surface area (Å²) in [6.07, 6.45) is -0.0231. The number of carbonyl (C=O) groups is 1. The summed E-state index contributed by atoms with van der Waals surface area (Å²) in [5.41, 5.74) is 2.15. The highest BCUT2D eigenvalue weighted by Gasteiger charge is 2.19. The fourth-order valence-corrected chi connectivity index (χ4v) is 3.34. The number of aromatic amines is 1. The summed E-state index contributed by atoms with van der Waals surface area (Å²) in [7, 11) is 1.76. The normalized spacial score (nSPS) is 12.5. The standard InChI is InChI=1S/C17H20N4O2S/c1-4-23-11(2)16-18-12(10-24-16)9-21(3)17(22)15-13-7-5-6-8-14(13)19-20-15/h5-8,10-11H,4,9H2,1-3H3,(H,19,20)/t11-/m0/s1. The average molecular weight is 344 g/mol. The van der Waals surface area contributed by atoms with Crippen LogP contribution in [0.5, 0.6) is 0 Å². The number of carbonyl (C=O) groups excluding carboxylic acids is 1. The molecule has 0 bridgehead atoms. The maximum absolute atomic E-state index is 12.7. The molecule has 2 aromatic heterocycles. The Labute approximate surface area is 144 Å². The van der Waals surface area contributed by atoms with Crippen molar-refractivity contribution in [3.05, 3.63) is 46.0 Å². The van der Waals surface area contributed by atoms with Gasteiger partial charge < -0.3 is 9.64 Å². The van der Waals surface area contributed by atoms with E-state index in [2.05, 4.69) is 15.2 Å². The Morgan fingerprint density at radius 3 is 3.00 bits per heavy atom. The van der Waals surface area contributed by atoms with Gasteiger partial charge in [0.05, 0.1) is 17.8 Å². The molecule has 3 aromatic rings. The van der Waals surface area contributed by atoms with Crippen LogP contribution in [-0.2, 0) is 11.3 Å². The number of aromatic nitrogens is 3. The summed E-state index contributed by atoms with van der Waals surface area (Å²) in [4.78, 5) is 18.9. The molecule has 0 aliphatic carbocycles. The number of ether oxygens (including phenoxy) is 1. The average Bonchev–Trinajstić information content (AvgIpc) is 3.21. The van der Waals surface area contributed by atoms with Crippen LogP contribution in [0.2, 0.25) is 0 Å². The Morgan fingerprint density at radius 2 is 2.21 bits per heavy atom. The highest BCUT2D eigenvalue weighted by Crippen LogP contribution is 2.22. The number of H-pyrrole nitrogens is 1. The van der Waals surface area contributed by atoms with E-state index >= 15 is 0 Å². The van der Waals surface area contributed by atoms with Crippen LogP contribution in [0.25, 0.3) is 10.9 Å². The summed E-state index contributed by atoms with van der Waals surface area (Å²) in [5, 5.41) is 10.8. The maximum Gasteiger partial charge on any atom is 0.275 e. The zero-order chi connectivity index (χ0) is 17.1. The maximum atomic E-state index is 12.7. The molecule has 7 heteroatoms. The molecule has 0 spiro atoms. The summed E-state index contributed by atoms with van der Waals surface area (Å²) < 4.78 is 5.55. The van der Waals surface area contributed by atoms with Crippen LogP contribution in [0.1, 0.15) is 41.1 Å². The Hall–Kier alpha value is -2.25. The molecule has 2 heterocycles. The minimum atomic E-state index is -0.125. The van der Waals surface area contributed by atoms with Crippen molar-refractivity contribution in [3.63, 3.8) is 0 Å². The van der Waals surface area contributed by atoms with Gasteiger partial charge in [-0.05, 0) is 19.9 Å². The molecule has 0 aliphatic heterocycles. The van der Waals surface area contributed by atoms with Gasteiger partial charge in [-0.15, -0.1) is 11.3 Å². The highest BCUT2D eigenvalue weighted by atomic mass is 32.1. The SMILES string of the molecule is CCO[C@@H](C)c1nc(CN(C)C(=O)c2n[nH]c3ccccc23)cs1. The third-order valence-corrected chi connectivity index (χ3v) is 4.81. The second-order valence-corrected chi connectivity index (χ2v) is 6.44. The number of hydrogen-bond acceptors (Lipinski definition) is 5. The number of hydrogen-bond donors (Lipinski definition) is 1. The fourth-order valence-electron chi connectivity index (χ4n) is 2.53. The molecule has 0 saturated carbocycles. The number of amides is 1. The van der Waals surface area contributed by atoms with Crippen molar-refractivity contribution in [3.8, 4) is 0 Å². The van der Waals surface area contributed by atoms with Crippen molar-refractivity contribution in [2.75, 3.05) is 13.7 Å². The van der Waals surface area contributed by atoms with E-state index in [4.69, 9.17) is 4.74 Å². The molecule has 0 aliphatic rings. The molecule has 1 atom stereocenters. The molecule has 0 saturated heterocycles. The third kappa shape index (κ3) is 3.32. The molecule has 1 aromatic carbocycles. The fraction of sp³-hybridized carbons (Fsp3) is 0.353. The van der Waals surface area contributed by atoms with E-state index in [1.807, 2.05) is 43.5 Å². The van der Waals surface area contributed by atoms with Gasteiger partial charge in [0, 0.05) is 24.4 Å². The lowest BCUT2D eigenvalue weighted by molar-refractivity contribution is 0.0755. The van der Waals surface area contributed by atoms with E-state index in [-0.39, 0.29) is 12.0 Å². The lowest BCUT2D eigenvalue weighted by atomic mass is 10.2. The zero-order valence-corrected chi connectivity index (χ0v) is 14.8. The smallest absolute Gasteiger partial charge is 0.275 e. The minimum absolute atomic E-state index is 0.0231. The van der Waals surface area contributed by atoms with Crippen LogP contribution in [0.3, 0.4) is 0 Å². The molecule has 3 rings (SSSR count). The number of rotatable bonds is 6. The van der Waals surface area contributed by atoms with Crippen molar-refractivity contribution >= 4 is 28.1 Å². The second-order valence-electron chi connectivity index (χ2n) is 5.55. The van der Waals surface area contributed by atoms with E-state index < -0.39 is 0 Å². The Kier molecular flexibility index (Phi) is 4.92. The van der Waals surface area contributed by atoms with Crippen molar-refractivity contribution in [2.24, 2.45) is 0 Å². The number of nitrogens with one attached hydrogen (secondary N) is 1. The Bertz CT molecular complexity index is 842. The van der Waals surface area contributed by atoms with E-state index in [9.17, 15) is 4.79 Å². The van der Waals surface area contributed by atoms with E-state index in [0.29, 0.717) is 18.8 Å². The van der Waals surface area contributed by atoms with Gasteiger partial charge in [0.25, 0.3) is 5.91 Å². The van der Waals surface area contributed by atoms with Gasteiger partial charge in [-0.3, -0.25) is 9.89 Å². The van der Waals surface area contributed by atoms with E-state index in [1.54, 1.807) is 23.3 Å². The topological polar surface area (TPSA) is 71.1 Å². The predicted octanol–water partition coefficient (Wildman–Crippen LogP) is 3.39. The van der Waals surface area contributed by atoms with Crippen LogP contribution in [-0.4, -0.2) is 39.6 Å². The van der Waals surface area contributed by atoms with E-state index in [1.165, 1.54) is 0 Å². The molecule has 6 nitrogen and oxygen atoms in total. The number of nitrogens with zero attached hydrogens (tertiary/aromatic N) is 3. The minimum Gasteiger partial charge on any atom is -0.372 e. The summed E-state index contributed by atoms with van der Waals surface area (Å²) in [5.74, 6) is -0.125. The van der Waals surface area contributed by atoms with Crippen LogP contribution >= 0.6 is 11.3 Å². The number of benzene rings is 1. The molecule has 0 fully saturated rings. The number of thiazole rings is 1. The van der Waals surface area contributed by atoms with Gasteiger partial charge in [0.1, 0.15) is 11.1 Å². The molecule has 24 heavy (non-hydrogen) atoms. The van der Waals surface area contributed by atoms with Gasteiger partial charge in [-0.2, -0.15) is 5.10 Å². The summed E-state index contributed by atoms with van der Waals surface area (Å²) in [6.45, 7) is 5.04. The van der Waals surface area contributed by atoms with E-state index in [0.717, 1.165) is 21.6 Å². The lowest BCUT2D eigenvalue weighted by Gasteiger charge is -2.14. The highest BCUT2D eigenvalue weighted by molar-refractivity contribution is 7.09. The van der Waals surface area contributed by atoms with Crippen LogP contribution in [0.4, 0.5) is 0 Å². The Morgan fingerprint density at radius 1 is 1.42 bits per heavy atom. The lowest BCUT2D eigenvalue weighted by Crippen LogP contribution is -2.26. The molecular weight excluding hydrogens is 324 g/mol. The molecule has 0 radical (unpaired) electrons. The van der Waals surface area contributed by atoms with Gasteiger partial charge in [-0.25, -0.2) is 4.98 Å². The first kappa shape index (κ1) is 16.6. The number of para-hydroxylation sites is 1. The quantitative estimate of drug-likeness (QED) is 0.744. The van der Waals surface area contributed by atoms with Gasteiger partial charge in [0.2, 0.25) is 0 Å². The van der Waals surface area contributed by atoms with Gasteiger partial charge in [0.15, 0.2) is 5.69 Å². The van der Waals surface area contributed by atoms with Crippen LogP contribution < -0.4 is 0 Å². The van der Waals surface area contributed by atoms with Gasteiger partial charge >= 0.3 is 0 Å². The predicted molar refractivity (Wildman–Crippen MR) is 94.0 cm³/mol. The van der Waals surface area contributed by atoms with Crippen molar-refractivity contribution < 1.29 is 9.53 Å². The summed E-state index contributed by atoms with van der Waals surface area (Å²) in [6, 6.07) is 7.61. The first-order chi connectivity index (χ1) is 11.6. The van der Waals surface area contributed by atoms with Crippen molar-refractivity contribution in [1.82, 2.24) is 20.1 Å². The first-order valence-corrected chi connectivity index (χ1v) is 8.72. The molecule has 126 valence electrons. The molecule has 1 N–H and O–H groups in total. The van der Waals surface area contributed by atoms with Crippen molar-refractivity contribution in [1.29, 1.82) is 0 Å². The monoisotopic (exact) mass is 344 g/mol. The Balaban J connectivity index is 1.73. The molecule has 1 amide bonds. The molecule has 0 unspecified atom stereocenters. The zero-order valence-electron chi connectivity index (χ0n) is 13.9. The van der Waals surface area contributed by atoms with Gasteiger partial charge in [-0.1, -0.05) is 18.2 Å². The van der Waals surface area contributed by atoms with Crippen LogP contribution in [0.15, 0.2) is 29.6 Å². The summed E-state index contributed by atoms with van der Waals surface area (Å²) >= 11 is 1.56. The van der Waals surface area contributed by atoms with Crippen molar-refractivity contribution in [2.45, 2.75) is 26.5 Å². The van der Waals surface area contributed by atoms with Crippen LogP contribution in [0, 0.1) is 0 Å². The number of fused-ring (bicyclic) bond motifs is 1. The first-order valence-electron chi connectivity index (χ1n) is 7.84. The largest absolute Gasteiger partial charge is 0.372 e. The molecular formula is C17H20N4O2S. The second kappa shape index (κ2) is 7.11.